The summed E-state index contributed by atoms with van der Waals surface area (Å²) in [6.07, 6.45) is 4.24. The smallest absolute Gasteiger partial charge is 0.242 e. The molecule has 2 atom stereocenters. The quantitative estimate of drug-likeness (QED) is 0.635. The van der Waals surface area contributed by atoms with E-state index in [4.69, 9.17) is 17.3 Å². The molecule has 0 bridgehead atoms. The Bertz CT molecular complexity index is 886. The van der Waals surface area contributed by atoms with Gasteiger partial charge in [0, 0.05) is 36.0 Å². The lowest BCUT2D eigenvalue weighted by Crippen LogP contribution is -2.55. The zero-order chi connectivity index (χ0) is 21.0. The molecule has 8 nitrogen and oxygen atoms in total. The minimum Gasteiger partial charge on any atom is -0.337 e. The number of amides is 2. The maximum absolute atomic E-state index is 12.7. The van der Waals surface area contributed by atoms with Crippen molar-refractivity contribution in [1.82, 2.24) is 14.5 Å². The van der Waals surface area contributed by atoms with Gasteiger partial charge in [0.1, 0.15) is 6.04 Å². The van der Waals surface area contributed by atoms with Crippen molar-refractivity contribution in [2.45, 2.75) is 37.8 Å². The summed E-state index contributed by atoms with van der Waals surface area (Å²) in [6, 6.07) is 2.54. The van der Waals surface area contributed by atoms with Crippen molar-refractivity contribution in [2.75, 3.05) is 26.2 Å². The molecule has 2 aliphatic rings. The highest BCUT2D eigenvalue weighted by Gasteiger charge is 2.34. The topological polar surface area (TPSA) is 113 Å². The largest absolute Gasteiger partial charge is 0.337 e. The van der Waals surface area contributed by atoms with Crippen LogP contribution in [0.15, 0.2) is 17.5 Å². The lowest BCUT2D eigenvalue weighted by Gasteiger charge is -2.33. The van der Waals surface area contributed by atoms with Gasteiger partial charge in [-0.2, -0.15) is 4.72 Å². The van der Waals surface area contributed by atoms with Crippen LogP contribution in [0, 0.1) is 0 Å². The van der Waals surface area contributed by atoms with Gasteiger partial charge in [0.15, 0.2) is 0 Å². The molecular formula is C18H25ClN4O4S2. The second-order valence-corrected chi connectivity index (χ2v) is 10.5. The number of sulfonamides is 1. The normalized spacial score (nSPS) is 23.3. The molecule has 29 heavy (non-hydrogen) atoms. The summed E-state index contributed by atoms with van der Waals surface area (Å²) in [5, 5.41) is 1.03. The molecule has 160 valence electrons. The fourth-order valence-electron chi connectivity index (χ4n) is 3.68. The van der Waals surface area contributed by atoms with Crippen molar-refractivity contribution in [3.63, 3.8) is 0 Å². The highest BCUT2D eigenvalue weighted by molar-refractivity contribution is 7.92. The summed E-state index contributed by atoms with van der Waals surface area (Å²) < 4.78 is 27.7. The number of hydrogen-bond donors (Lipinski definition) is 2. The maximum atomic E-state index is 12.7. The predicted octanol–water partition coefficient (Wildman–Crippen LogP) is 1.23. The summed E-state index contributed by atoms with van der Waals surface area (Å²) in [7, 11) is -3.81. The molecule has 0 saturated carbocycles. The van der Waals surface area contributed by atoms with Crippen LogP contribution in [0.25, 0.3) is 6.08 Å². The fourth-order valence-corrected chi connectivity index (χ4v) is 5.75. The number of thiophene rings is 1. The third kappa shape index (κ3) is 5.79. The molecule has 2 fully saturated rings. The minimum atomic E-state index is -3.81. The Balaban J connectivity index is 1.60. The molecule has 2 aliphatic heterocycles. The van der Waals surface area contributed by atoms with Gasteiger partial charge < -0.3 is 15.5 Å². The predicted molar refractivity (Wildman–Crippen MR) is 114 cm³/mol. The number of nitrogens with zero attached hydrogens (tertiary/aromatic N) is 2. The Labute approximate surface area is 179 Å². The average molecular weight is 461 g/mol. The lowest BCUT2D eigenvalue weighted by atomic mass is 10.1. The van der Waals surface area contributed by atoms with Crippen LogP contribution in [-0.2, 0) is 19.6 Å². The van der Waals surface area contributed by atoms with Gasteiger partial charge >= 0.3 is 0 Å². The number of piperidine rings is 1. The van der Waals surface area contributed by atoms with Crippen LogP contribution >= 0.6 is 22.9 Å². The molecule has 0 unspecified atom stereocenters. The van der Waals surface area contributed by atoms with E-state index in [-0.39, 0.29) is 24.4 Å². The highest BCUT2D eigenvalue weighted by atomic mass is 35.5. The summed E-state index contributed by atoms with van der Waals surface area (Å²) in [5.74, 6) is -0.506. The number of carbonyl (C=O) groups is 2. The molecule has 3 rings (SSSR count). The number of nitrogens with two attached hydrogens (primary N) is 1. The number of nitrogens with one attached hydrogen (secondary N) is 1. The SMILES string of the molecule is NC[C@@H]1CCCN1C(=O)CN1CCC[C@H](NS(=O)(=O)C=Cc2ccc(Cl)s2)C1=O. The third-order valence-corrected chi connectivity index (χ3v) is 7.44. The first-order valence-electron chi connectivity index (χ1n) is 9.53. The number of rotatable bonds is 7. The molecule has 0 aromatic carbocycles. The Morgan fingerprint density at radius 2 is 2.07 bits per heavy atom. The first kappa shape index (κ1) is 22.2. The summed E-state index contributed by atoms with van der Waals surface area (Å²) in [6.45, 7) is 1.45. The fraction of sp³-hybridized carbons (Fsp3) is 0.556. The molecule has 0 radical (unpaired) electrons. The molecule has 3 heterocycles. The lowest BCUT2D eigenvalue weighted by molar-refractivity contribution is -0.143. The van der Waals surface area contributed by atoms with Gasteiger partial charge in [0.25, 0.3) is 0 Å². The van der Waals surface area contributed by atoms with Crippen LogP contribution < -0.4 is 10.5 Å². The molecule has 2 amide bonds. The van der Waals surface area contributed by atoms with Crippen LogP contribution in [0.5, 0.6) is 0 Å². The molecule has 11 heteroatoms. The van der Waals surface area contributed by atoms with Crippen molar-refractivity contribution in [1.29, 1.82) is 0 Å². The Kier molecular flexibility index (Phi) is 7.33. The Hall–Kier alpha value is -1.46. The molecule has 2 saturated heterocycles. The van der Waals surface area contributed by atoms with E-state index in [1.807, 2.05) is 0 Å². The van der Waals surface area contributed by atoms with Crippen molar-refractivity contribution < 1.29 is 18.0 Å². The van der Waals surface area contributed by atoms with Gasteiger partial charge in [0.05, 0.1) is 10.9 Å². The van der Waals surface area contributed by atoms with Gasteiger partial charge in [-0.25, -0.2) is 8.42 Å². The van der Waals surface area contributed by atoms with Crippen LogP contribution in [0.2, 0.25) is 4.34 Å². The van der Waals surface area contributed by atoms with E-state index in [1.54, 1.807) is 17.0 Å². The molecule has 0 spiro atoms. The standard InChI is InChI=1S/C18H25ClN4O4S2/c19-16-6-5-14(28-16)7-10-29(26,27)21-15-4-2-8-22(18(15)25)12-17(24)23-9-1-3-13(23)11-20/h5-7,10,13,15,21H,1-4,8-9,11-12,20H2/t13-,15-/m0/s1. The van der Waals surface area contributed by atoms with Crippen LogP contribution in [0.3, 0.4) is 0 Å². The zero-order valence-corrected chi connectivity index (χ0v) is 18.3. The first-order chi connectivity index (χ1) is 13.8. The molecule has 0 aliphatic carbocycles. The number of carbonyl (C=O) groups excluding carboxylic acids is 2. The minimum absolute atomic E-state index is 0.0209. The van der Waals surface area contributed by atoms with E-state index in [2.05, 4.69) is 4.72 Å². The van der Waals surface area contributed by atoms with E-state index in [1.165, 1.54) is 22.3 Å². The zero-order valence-electron chi connectivity index (χ0n) is 15.9. The van der Waals surface area contributed by atoms with Crippen molar-refractivity contribution in [3.8, 4) is 0 Å². The van der Waals surface area contributed by atoms with Gasteiger partial charge in [0.2, 0.25) is 21.8 Å². The highest BCUT2D eigenvalue weighted by Crippen LogP contribution is 2.23. The van der Waals surface area contributed by atoms with Crippen LogP contribution in [0.4, 0.5) is 0 Å². The number of halogens is 1. The molecule has 3 N–H and O–H groups in total. The van der Waals surface area contributed by atoms with Crippen LogP contribution in [-0.4, -0.2) is 68.3 Å². The van der Waals surface area contributed by atoms with E-state index in [0.29, 0.717) is 41.7 Å². The molecule has 1 aromatic heterocycles. The molecular weight excluding hydrogens is 436 g/mol. The second kappa shape index (κ2) is 9.57. The van der Waals surface area contributed by atoms with E-state index in [9.17, 15) is 18.0 Å². The van der Waals surface area contributed by atoms with Gasteiger partial charge in [-0.3, -0.25) is 9.59 Å². The van der Waals surface area contributed by atoms with Gasteiger partial charge in [-0.15, -0.1) is 11.3 Å². The summed E-state index contributed by atoms with van der Waals surface area (Å²) >= 11 is 7.10. The van der Waals surface area contributed by atoms with E-state index in [0.717, 1.165) is 18.2 Å². The van der Waals surface area contributed by atoms with Gasteiger partial charge in [-0.1, -0.05) is 11.6 Å². The third-order valence-electron chi connectivity index (χ3n) is 5.14. The number of likely N-dealkylation sites (tertiary alicyclic amines) is 2. The number of hydrogen-bond acceptors (Lipinski definition) is 6. The Morgan fingerprint density at radius 1 is 1.31 bits per heavy atom. The van der Waals surface area contributed by atoms with Gasteiger partial charge in [-0.05, 0) is 43.9 Å². The first-order valence-corrected chi connectivity index (χ1v) is 12.3. The Morgan fingerprint density at radius 3 is 2.76 bits per heavy atom. The molecule has 1 aromatic rings. The monoisotopic (exact) mass is 460 g/mol. The maximum Gasteiger partial charge on any atom is 0.242 e. The van der Waals surface area contributed by atoms with E-state index < -0.39 is 16.1 Å². The summed E-state index contributed by atoms with van der Waals surface area (Å²) in [4.78, 5) is 29.2. The van der Waals surface area contributed by atoms with Crippen molar-refractivity contribution in [3.05, 3.63) is 26.8 Å². The summed E-state index contributed by atoms with van der Waals surface area (Å²) in [5.41, 5.74) is 5.72. The van der Waals surface area contributed by atoms with Crippen LogP contribution in [0.1, 0.15) is 30.6 Å². The van der Waals surface area contributed by atoms with Crippen molar-refractivity contribution in [2.24, 2.45) is 5.73 Å². The van der Waals surface area contributed by atoms with E-state index >= 15 is 0 Å². The second-order valence-electron chi connectivity index (χ2n) is 7.18. The average Bonchev–Trinajstić information content (AvgIpc) is 3.32. The van der Waals surface area contributed by atoms with Crippen molar-refractivity contribution >= 4 is 50.9 Å².